The van der Waals surface area contributed by atoms with Crippen LogP contribution < -0.4 is 16.0 Å². The highest BCUT2D eigenvalue weighted by atomic mass is 28.3. The molecule has 0 rings (SSSR count). The Bertz CT molecular complexity index is 445. The summed E-state index contributed by atoms with van der Waals surface area (Å²) in [6.45, 7) is 7.05. The molecular weight excluding hydrogens is 334 g/mol. The van der Waals surface area contributed by atoms with Crippen molar-refractivity contribution in [2.24, 2.45) is 0 Å². The van der Waals surface area contributed by atoms with Crippen LogP contribution in [0.2, 0.25) is 25.7 Å². The predicted octanol–water partition coefficient (Wildman–Crippen LogP) is 2.44. The molecule has 0 spiro atoms. The molecule has 0 saturated heterocycles. The molecule has 1 amide bonds. The molecule has 3 N–H and O–H groups in total. The summed E-state index contributed by atoms with van der Waals surface area (Å²) in [5.41, 5.74) is -0.136. The van der Waals surface area contributed by atoms with Gasteiger partial charge in [-0.1, -0.05) is 19.6 Å². The van der Waals surface area contributed by atoms with E-state index in [-0.39, 0.29) is 12.4 Å². The van der Waals surface area contributed by atoms with E-state index in [1.165, 1.54) is 12.4 Å². The SMILES string of the molecule is CN/C(F)=C(/C=C/NC(=O)C(F)(F)F)NCOCC[Si](C)(C)C. The molecule has 0 aromatic carbocycles. The van der Waals surface area contributed by atoms with Crippen molar-refractivity contribution < 1.29 is 27.1 Å². The quantitative estimate of drug-likeness (QED) is 0.148. The van der Waals surface area contributed by atoms with Crippen molar-refractivity contribution in [1.82, 2.24) is 16.0 Å². The van der Waals surface area contributed by atoms with Gasteiger partial charge in [-0.25, -0.2) is 0 Å². The highest BCUT2D eigenvalue weighted by Crippen LogP contribution is 2.14. The standard InChI is InChI=1S/C13H23F4N3O2Si/c1-18-11(14)10(5-6-19-12(21)13(15,16)17)20-9-22-7-8-23(2,3)4/h5-6,18,20H,7-9H2,1-4H3,(H,19,21)/b6-5+,11-10-. The third-order valence-corrected chi connectivity index (χ3v) is 4.24. The number of nitrogens with one attached hydrogen (secondary N) is 3. The number of halogens is 4. The predicted molar refractivity (Wildman–Crippen MR) is 82.6 cm³/mol. The van der Waals surface area contributed by atoms with E-state index in [9.17, 15) is 22.4 Å². The molecule has 0 radical (unpaired) electrons. The number of carbonyl (C=O) groups excluding carboxylic acids is 1. The van der Waals surface area contributed by atoms with Gasteiger partial charge in [0.25, 0.3) is 0 Å². The lowest BCUT2D eigenvalue weighted by Crippen LogP contribution is -2.33. The summed E-state index contributed by atoms with van der Waals surface area (Å²) in [7, 11) is 0.0769. The molecule has 0 bridgehead atoms. The highest BCUT2D eigenvalue weighted by molar-refractivity contribution is 6.76. The minimum Gasteiger partial charge on any atom is -0.363 e. The summed E-state index contributed by atoms with van der Waals surface area (Å²) in [5.74, 6) is -2.93. The van der Waals surface area contributed by atoms with Gasteiger partial charge < -0.3 is 20.7 Å². The zero-order valence-electron chi connectivity index (χ0n) is 13.6. The largest absolute Gasteiger partial charge is 0.471 e. The number of rotatable bonds is 9. The highest BCUT2D eigenvalue weighted by Gasteiger charge is 2.37. The van der Waals surface area contributed by atoms with Gasteiger partial charge >= 0.3 is 12.1 Å². The van der Waals surface area contributed by atoms with Crippen molar-refractivity contribution >= 4 is 14.0 Å². The van der Waals surface area contributed by atoms with Crippen molar-refractivity contribution in [3.63, 3.8) is 0 Å². The molecule has 134 valence electrons. The molecule has 0 aliphatic rings. The van der Waals surface area contributed by atoms with Crippen LogP contribution in [0.4, 0.5) is 17.6 Å². The second-order valence-electron chi connectivity index (χ2n) is 5.82. The molecular formula is C13H23F4N3O2Si. The van der Waals surface area contributed by atoms with E-state index in [0.717, 1.165) is 12.1 Å². The second kappa shape index (κ2) is 9.56. The van der Waals surface area contributed by atoms with E-state index in [1.54, 1.807) is 0 Å². The van der Waals surface area contributed by atoms with Gasteiger partial charge in [-0.2, -0.15) is 17.6 Å². The summed E-state index contributed by atoms with van der Waals surface area (Å²) >= 11 is 0. The molecule has 0 unspecified atom stereocenters. The van der Waals surface area contributed by atoms with Gasteiger partial charge in [0.2, 0.25) is 5.95 Å². The number of alkyl halides is 3. The zero-order chi connectivity index (χ0) is 18.1. The number of hydrogen-bond donors (Lipinski definition) is 3. The molecule has 0 atom stereocenters. The second-order valence-corrected chi connectivity index (χ2v) is 11.4. The van der Waals surface area contributed by atoms with Gasteiger partial charge in [0.1, 0.15) is 6.73 Å². The van der Waals surface area contributed by atoms with E-state index in [4.69, 9.17) is 4.74 Å². The van der Waals surface area contributed by atoms with E-state index < -0.39 is 26.1 Å². The minimum absolute atomic E-state index is 0.00747. The molecule has 5 nitrogen and oxygen atoms in total. The summed E-state index contributed by atoms with van der Waals surface area (Å²) in [4.78, 5) is 10.6. The molecule has 0 aliphatic carbocycles. The van der Waals surface area contributed by atoms with Crippen LogP contribution >= 0.6 is 0 Å². The van der Waals surface area contributed by atoms with Crippen LogP contribution in [0.1, 0.15) is 0 Å². The Morgan fingerprint density at radius 1 is 1.26 bits per heavy atom. The molecule has 0 aliphatic heterocycles. The smallest absolute Gasteiger partial charge is 0.363 e. The number of amides is 1. The Labute approximate surface area is 134 Å². The summed E-state index contributed by atoms with van der Waals surface area (Å²) in [6, 6.07) is 0.930. The van der Waals surface area contributed by atoms with Gasteiger partial charge in [0, 0.05) is 27.9 Å². The van der Waals surface area contributed by atoms with Crippen molar-refractivity contribution in [3.8, 4) is 0 Å². The van der Waals surface area contributed by atoms with E-state index in [2.05, 4.69) is 30.3 Å². The maximum absolute atomic E-state index is 13.5. The van der Waals surface area contributed by atoms with E-state index >= 15 is 0 Å². The summed E-state index contributed by atoms with van der Waals surface area (Å²) in [5, 5.41) is 6.30. The number of carbonyl (C=O) groups is 1. The first-order valence-corrected chi connectivity index (χ1v) is 10.6. The molecule has 10 heteroatoms. The minimum atomic E-state index is -5.00. The van der Waals surface area contributed by atoms with Crippen LogP contribution in [0.3, 0.4) is 0 Å². The number of hydrogen-bond acceptors (Lipinski definition) is 4. The van der Waals surface area contributed by atoms with Crippen molar-refractivity contribution in [2.45, 2.75) is 31.9 Å². The first kappa shape index (κ1) is 21.4. The van der Waals surface area contributed by atoms with Crippen LogP contribution in [0.15, 0.2) is 23.9 Å². The Kier molecular flexibility index (Phi) is 8.91. The number of allylic oxidation sites excluding steroid dienone is 1. The molecule has 0 saturated carbocycles. The fraction of sp³-hybridized carbons (Fsp3) is 0.615. The fourth-order valence-corrected chi connectivity index (χ4v) is 1.96. The number of ether oxygens (including phenoxy) is 1. The Balaban J connectivity index is 4.43. The molecule has 0 heterocycles. The van der Waals surface area contributed by atoms with E-state index in [1.807, 2.05) is 0 Å². The molecule has 0 fully saturated rings. The fourth-order valence-electron chi connectivity index (χ4n) is 1.21. The molecule has 23 heavy (non-hydrogen) atoms. The third-order valence-electron chi connectivity index (χ3n) is 2.54. The van der Waals surface area contributed by atoms with Crippen molar-refractivity contribution in [2.75, 3.05) is 20.4 Å². The average Bonchev–Trinajstić information content (AvgIpc) is 2.41. The van der Waals surface area contributed by atoms with Gasteiger partial charge in [-0.15, -0.1) is 0 Å². The third kappa shape index (κ3) is 10.7. The van der Waals surface area contributed by atoms with Crippen molar-refractivity contribution in [3.05, 3.63) is 23.9 Å². The van der Waals surface area contributed by atoms with Crippen LogP contribution in [0, 0.1) is 0 Å². The monoisotopic (exact) mass is 357 g/mol. The summed E-state index contributed by atoms with van der Waals surface area (Å²) < 4.78 is 54.9. The zero-order valence-corrected chi connectivity index (χ0v) is 14.6. The average molecular weight is 357 g/mol. The van der Waals surface area contributed by atoms with Crippen molar-refractivity contribution in [1.29, 1.82) is 0 Å². The first-order chi connectivity index (χ1) is 10.5. The Hall–Kier alpha value is -1.55. The van der Waals surface area contributed by atoms with Crippen LogP contribution in [-0.2, 0) is 9.53 Å². The van der Waals surface area contributed by atoms with Gasteiger partial charge in [0.05, 0.1) is 5.70 Å². The maximum Gasteiger partial charge on any atom is 0.471 e. The molecule has 0 aromatic heterocycles. The molecule has 0 aromatic rings. The summed E-state index contributed by atoms with van der Waals surface area (Å²) in [6.07, 6.45) is -3.32. The van der Waals surface area contributed by atoms with Crippen LogP contribution in [0.5, 0.6) is 0 Å². The van der Waals surface area contributed by atoms with E-state index in [0.29, 0.717) is 12.8 Å². The van der Waals surface area contributed by atoms with Gasteiger partial charge in [-0.05, 0) is 12.1 Å². The lowest BCUT2D eigenvalue weighted by molar-refractivity contribution is -0.172. The normalized spacial score (nSPS) is 13.7. The van der Waals surface area contributed by atoms with Gasteiger partial charge in [-0.3, -0.25) is 4.79 Å². The topological polar surface area (TPSA) is 62.4 Å². The Morgan fingerprint density at radius 2 is 1.87 bits per heavy atom. The first-order valence-electron chi connectivity index (χ1n) is 6.91. The van der Waals surface area contributed by atoms with Crippen LogP contribution in [-0.4, -0.2) is 40.5 Å². The van der Waals surface area contributed by atoms with Crippen LogP contribution in [0.25, 0.3) is 0 Å². The Morgan fingerprint density at radius 3 is 2.35 bits per heavy atom. The maximum atomic E-state index is 13.5. The van der Waals surface area contributed by atoms with Gasteiger partial charge in [0.15, 0.2) is 0 Å². The lowest BCUT2D eigenvalue weighted by Gasteiger charge is -2.16. The lowest BCUT2D eigenvalue weighted by atomic mass is 10.4.